The van der Waals surface area contributed by atoms with Crippen molar-refractivity contribution in [1.29, 1.82) is 5.41 Å². The van der Waals surface area contributed by atoms with Crippen LogP contribution in [0.3, 0.4) is 0 Å². The number of nitrogens with one attached hydrogen (secondary N) is 1. The molecule has 1 aliphatic carbocycles. The molecular formula is C11H21N3. The number of rotatable bonds is 2. The van der Waals surface area contributed by atoms with Gasteiger partial charge in [-0.3, -0.25) is 5.41 Å². The smallest absolute Gasteiger partial charge is 0.0990 e. The summed E-state index contributed by atoms with van der Waals surface area (Å²) < 4.78 is 0. The van der Waals surface area contributed by atoms with E-state index >= 15 is 0 Å². The van der Waals surface area contributed by atoms with Gasteiger partial charge in [-0.15, -0.1) is 0 Å². The number of amidine groups is 1. The average Bonchev–Trinajstić information content (AvgIpc) is 2.88. The van der Waals surface area contributed by atoms with Crippen LogP contribution in [0.4, 0.5) is 0 Å². The Hall–Kier alpha value is -0.570. The molecule has 0 aromatic carbocycles. The molecule has 14 heavy (non-hydrogen) atoms. The zero-order valence-electron chi connectivity index (χ0n) is 9.45. The third kappa shape index (κ3) is 1.78. The van der Waals surface area contributed by atoms with E-state index in [1.807, 2.05) is 0 Å². The summed E-state index contributed by atoms with van der Waals surface area (Å²) in [5.74, 6) is 2.20. The van der Waals surface area contributed by atoms with Gasteiger partial charge in [-0.25, -0.2) is 0 Å². The van der Waals surface area contributed by atoms with Gasteiger partial charge in [0.1, 0.15) is 0 Å². The van der Waals surface area contributed by atoms with Gasteiger partial charge < -0.3 is 9.80 Å². The third-order valence-corrected chi connectivity index (χ3v) is 3.54. The fraction of sp³-hybridized carbons (Fsp3) is 0.909. The summed E-state index contributed by atoms with van der Waals surface area (Å²) in [4.78, 5) is 4.58. The van der Waals surface area contributed by atoms with E-state index in [2.05, 4.69) is 30.8 Å². The van der Waals surface area contributed by atoms with Gasteiger partial charge in [-0.05, 0) is 32.9 Å². The molecule has 1 aliphatic heterocycles. The fourth-order valence-electron chi connectivity index (χ4n) is 2.43. The Morgan fingerprint density at radius 3 is 2.36 bits per heavy atom. The first-order chi connectivity index (χ1) is 6.59. The standard InChI is InChI=1S/C11H21N3/c1-8-6-14(7-10(8)13(2)3)11(12)9-4-5-9/h8-10,12H,4-7H2,1-3H3. The van der Waals surface area contributed by atoms with Gasteiger partial charge in [0.05, 0.1) is 5.84 Å². The van der Waals surface area contributed by atoms with Crippen LogP contribution in [-0.4, -0.2) is 48.9 Å². The Labute approximate surface area is 86.6 Å². The van der Waals surface area contributed by atoms with Gasteiger partial charge in [-0.1, -0.05) is 6.92 Å². The predicted octanol–water partition coefficient (Wildman–Crippen LogP) is 1.26. The summed E-state index contributed by atoms with van der Waals surface area (Å²) in [7, 11) is 4.29. The molecule has 1 heterocycles. The molecule has 1 N–H and O–H groups in total. The van der Waals surface area contributed by atoms with Gasteiger partial charge in [0, 0.05) is 25.0 Å². The second-order valence-electron chi connectivity index (χ2n) is 5.07. The van der Waals surface area contributed by atoms with Crippen molar-refractivity contribution in [3.8, 4) is 0 Å². The Balaban J connectivity index is 1.94. The van der Waals surface area contributed by atoms with E-state index in [0.717, 1.165) is 18.9 Å². The Bertz CT molecular complexity index is 233. The lowest BCUT2D eigenvalue weighted by Gasteiger charge is -2.23. The minimum Gasteiger partial charge on any atom is -0.358 e. The lowest BCUT2D eigenvalue weighted by atomic mass is 10.1. The molecule has 80 valence electrons. The lowest BCUT2D eigenvalue weighted by molar-refractivity contribution is 0.262. The quantitative estimate of drug-likeness (QED) is 0.531. The third-order valence-electron chi connectivity index (χ3n) is 3.54. The zero-order valence-corrected chi connectivity index (χ0v) is 9.45. The molecule has 0 aromatic heterocycles. The van der Waals surface area contributed by atoms with Crippen LogP contribution in [0.2, 0.25) is 0 Å². The molecule has 0 aromatic rings. The van der Waals surface area contributed by atoms with Crippen LogP contribution in [0.5, 0.6) is 0 Å². The van der Waals surface area contributed by atoms with E-state index in [4.69, 9.17) is 5.41 Å². The van der Waals surface area contributed by atoms with E-state index in [-0.39, 0.29) is 0 Å². The number of hydrogen-bond acceptors (Lipinski definition) is 2. The van der Waals surface area contributed by atoms with Gasteiger partial charge >= 0.3 is 0 Å². The average molecular weight is 195 g/mol. The molecule has 1 saturated carbocycles. The SMILES string of the molecule is CC1CN(C(=N)C2CC2)CC1N(C)C. The molecule has 3 nitrogen and oxygen atoms in total. The Morgan fingerprint density at radius 1 is 1.29 bits per heavy atom. The van der Waals surface area contributed by atoms with Gasteiger partial charge in [-0.2, -0.15) is 0 Å². The van der Waals surface area contributed by atoms with E-state index in [1.54, 1.807) is 0 Å². The number of likely N-dealkylation sites (tertiary alicyclic amines) is 1. The van der Waals surface area contributed by atoms with Crippen molar-refractivity contribution in [3.63, 3.8) is 0 Å². The first-order valence-corrected chi connectivity index (χ1v) is 5.59. The highest BCUT2D eigenvalue weighted by atomic mass is 15.3. The monoisotopic (exact) mass is 195 g/mol. The normalized spacial score (nSPS) is 32.7. The molecule has 2 aliphatic rings. The van der Waals surface area contributed by atoms with Crippen LogP contribution >= 0.6 is 0 Å². The maximum Gasteiger partial charge on any atom is 0.0990 e. The first kappa shape index (κ1) is 9.97. The molecule has 2 unspecified atom stereocenters. The molecule has 2 fully saturated rings. The molecule has 3 heteroatoms. The van der Waals surface area contributed by atoms with Crippen molar-refractivity contribution < 1.29 is 0 Å². The molecule has 2 atom stereocenters. The molecular weight excluding hydrogens is 174 g/mol. The Kier molecular flexibility index (Phi) is 2.52. The second kappa shape index (κ2) is 3.54. The maximum atomic E-state index is 8.03. The summed E-state index contributed by atoms with van der Waals surface area (Å²) in [5, 5.41) is 8.03. The largest absolute Gasteiger partial charge is 0.358 e. The number of nitrogens with zero attached hydrogens (tertiary/aromatic N) is 2. The van der Waals surface area contributed by atoms with Crippen LogP contribution in [-0.2, 0) is 0 Å². The Morgan fingerprint density at radius 2 is 1.93 bits per heavy atom. The van der Waals surface area contributed by atoms with E-state index in [0.29, 0.717) is 17.9 Å². The van der Waals surface area contributed by atoms with Crippen molar-refractivity contribution in [3.05, 3.63) is 0 Å². The van der Waals surface area contributed by atoms with Gasteiger partial charge in [0.2, 0.25) is 0 Å². The van der Waals surface area contributed by atoms with Crippen molar-refractivity contribution in [2.24, 2.45) is 11.8 Å². The minimum absolute atomic E-state index is 0.600. The van der Waals surface area contributed by atoms with Gasteiger partial charge in [0.15, 0.2) is 0 Å². The fourth-order valence-corrected chi connectivity index (χ4v) is 2.43. The second-order valence-corrected chi connectivity index (χ2v) is 5.07. The molecule has 1 saturated heterocycles. The molecule has 2 rings (SSSR count). The van der Waals surface area contributed by atoms with Crippen LogP contribution in [0.1, 0.15) is 19.8 Å². The molecule has 0 bridgehead atoms. The topological polar surface area (TPSA) is 30.3 Å². The van der Waals surface area contributed by atoms with Crippen molar-refractivity contribution in [2.75, 3.05) is 27.2 Å². The first-order valence-electron chi connectivity index (χ1n) is 5.59. The molecule has 0 spiro atoms. The van der Waals surface area contributed by atoms with Crippen LogP contribution < -0.4 is 0 Å². The van der Waals surface area contributed by atoms with Crippen LogP contribution in [0.15, 0.2) is 0 Å². The van der Waals surface area contributed by atoms with Crippen molar-refractivity contribution >= 4 is 5.84 Å². The van der Waals surface area contributed by atoms with E-state index < -0.39 is 0 Å². The maximum absolute atomic E-state index is 8.03. The minimum atomic E-state index is 0.600. The summed E-state index contributed by atoms with van der Waals surface area (Å²) in [6.07, 6.45) is 2.49. The van der Waals surface area contributed by atoms with E-state index in [9.17, 15) is 0 Å². The van der Waals surface area contributed by atoms with Gasteiger partial charge in [0.25, 0.3) is 0 Å². The summed E-state index contributed by atoms with van der Waals surface area (Å²) in [5.41, 5.74) is 0. The highest BCUT2D eigenvalue weighted by Crippen LogP contribution is 2.33. The van der Waals surface area contributed by atoms with E-state index in [1.165, 1.54) is 12.8 Å². The summed E-state index contributed by atoms with van der Waals surface area (Å²) >= 11 is 0. The zero-order chi connectivity index (χ0) is 10.3. The highest BCUT2D eigenvalue weighted by molar-refractivity contribution is 5.84. The summed E-state index contributed by atoms with van der Waals surface area (Å²) in [6, 6.07) is 0.633. The summed E-state index contributed by atoms with van der Waals surface area (Å²) in [6.45, 7) is 4.44. The van der Waals surface area contributed by atoms with Crippen LogP contribution in [0.25, 0.3) is 0 Å². The molecule has 0 amide bonds. The van der Waals surface area contributed by atoms with Crippen LogP contribution in [0, 0.1) is 17.2 Å². The number of likely N-dealkylation sites (N-methyl/N-ethyl adjacent to an activating group) is 1. The lowest BCUT2D eigenvalue weighted by Crippen LogP contribution is -2.36. The molecule has 0 radical (unpaired) electrons. The van der Waals surface area contributed by atoms with Crippen molar-refractivity contribution in [1.82, 2.24) is 9.80 Å². The predicted molar refractivity (Wildman–Crippen MR) is 58.7 cm³/mol. The highest BCUT2D eigenvalue weighted by Gasteiger charge is 2.37. The van der Waals surface area contributed by atoms with Crippen molar-refractivity contribution in [2.45, 2.75) is 25.8 Å². The number of hydrogen-bond donors (Lipinski definition) is 1.